The lowest BCUT2D eigenvalue weighted by Gasteiger charge is -2.21. The molecule has 1 aromatic carbocycles. The lowest BCUT2D eigenvalue weighted by Crippen LogP contribution is -2.31. The van der Waals surface area contributed by atoms with Gasteiger partial charge in [-0.2, -0.15) is 13.2 Å². The summed E-state index contributed by atoms with van der Waals surface area (Å²) in [5.74, 6) is 0.312. The number of rotatable bonds is 6. The van der Waals surface area contributed by atoms with Gasteiger partial charge in [-0.15, -0.1) is 16.9 Å². The van der Waals surface area contributed by atoms with Crippen LogP contribution in [0.15, 0.2) is 30.5 Å². The molecular formula is C16H17F3N4O2S. The largest absolute Gasteiger partial charge is 0.416 e. The molecule has 0 radical (unpaired) electrons. The molecule has 0 aliphatic carbocycles. The summed E-state index contributed by atoms with van der Waals surface area (Å²) in [5.41, 5.74) is -0.0338. The van der Waals surface area contributed by atoms with Gasteiger partial charge in [0.1, 0.15) is 11.1 Å². The van der Waals surface area contributed by atoms with Gasteiger partial charge in [0, 0.05) is 13.7 Å². The van der Waals surface area contributed by atoms with E-state index in [9.17, 15) is 18.0 Å². The van der Waals surface area contributed by atoms with Crippen molar-refractivity contribution >= 4 is 17.7 Å². The number of thioether (sulfide) groups is 1. The van der Waals surface area contributed by atoms with E-state index in [1.807, 2.05) is 0 Å². The van der Waals surface area contributed by atoms with Crippen LogP contribution in [0.25, 0.3) is 0 Å². The van der Waals surface area contributed by atoms with Crippen LogP contribution in [0.1, 0.15) is 22.2 Å². The van der Waals surface area contributed by atoms with E-state index in [2.05, 4.69) is 10.3 Å². The Morgan fingerprint density at radius 2 is 2.12 bits per heavy atom. The van der Waals surface area contributed by atoms with Crippen molar-refractivity contribution in [2.45, 2.75) is 18.1 Å². The minimum absolute atomic E-state index is 0.0194. The van der Waals surface area contributed by atoms with Crippen LogP contribution >= 0.6 is 11.8 Å². The Labute approximate surface area is 152 Å². The second-order valence-electron chi connectivity index (χ2n) is 5.74. The third kappa shape index (κ3) is 4.01. The molecule has 0 saturated carbocycles. The zero-order chi connectivity index (χ0) is 18.7. The van der Waals surface area contributed by atoms with Gasteiger partial charge in [0.05, 0.1) is 30.7 Å². The molecule has 2 heterocycles. The van der Waals surface area contributed by atoms with Crippen LogP contribution in [0.5, 0.6) is 0 Å². The number of nitrogens with zero attached hydrogens (tertiary/aromatic N) is 4. The van der Waals surface area contributed by atoms with Gasteiger partial charge in [-0.3, -0.25) is 4.79 Å². The van der Waals surface area contributed by atoms with Crippen molar-refractivity contribution in [2.75, 3.05) is 26.0 Å². The highest BCUT2D eigenvalue weighted by Gasteiger charge is 2.35. The number of carbonyl (C=O) groups excluding carboxylic acids is 1. The number of halogens is 3. The second kappa shape index (κ2) is 7.67. The third-order valence-electron chi connectivity index (χ3n) is 3.97. The van der Waals surface area contributed by atoms with E-state index >= 15 is 0 Å². The third-order valence-corrected chi connectivity index (χ3v) is 5.19. The van der Waals surface area contributed by atoms with Gasteiger partial charge in [0.25, 0.3) is 0 Å². The fourth-order valence-corrected chi connectivity index (χ4v) is 3.89. The maximum Gasteiger partial charge on any atom is 0.416 e. The van der Waals surface area contributed by atoms with Gasteiger partial charge >= 0.3 is 6.18 Å². The van der Waals surface area contributed by atoms with Crippen molar-refractivity contribution in [3.8, 4) is 0 Å². The predicted molar refractivity (Wildman–Crippen MR) is 89.4 cm³/mol. The summed E-state index contributed by atoms with van der Waals surface area (Å²) in [6.45, 7) is 0.777. The van der Waals surface area contributed by atoms with E-state index < -0.39 is 11.7 Å². The number of alkyl halides is 3. The van der Waals surface area contributed by atoms with Crippen LogP contribution in [0, 0.1) is 0 Å². The Balaban J connectivity index is 1.78. The van der Waals surface area contributed by atoms with E-state index in [1.165, 1.54) is 28.6 Å². The fourth-order valence-electron chi connectivity index (χ4n) is 2.74. The highest BCUT2D eigenvalue weighted by Crippen LogP contribution is 2.37. The summed E-state index contributed by atoms with van der Waals surface area (Å²) in [6.07, 6.45) is -2.84. The Kier molecular flexibility index (Phi) is 5.52. The van der Waals surface area contributed by atoms with Gasteiger partial charge in [-0.05, 0) is 11.6 Å². The van der Waals surface area contributed by atoms with Gasteiger partial charge < -0.3 is 9.64 Å². The Hall–Kier alpha value is -2.07. The maximum absolute atomic E-state index is 13.1. The molecule has 0 unspecified atom stereocenters. The number of benzene rings is 1. The molecule has 3 rings (SSSR count). The van der Waals surface area contributed by atoms with Crippen molar-refractivity contribution in [2.24, 2.45) is 0 Å². The molecule has 0 bridgehead atoms. The number of ether oxygens (including phenoxy) is 1. The van der Waals surface area contributed by atoms with Crippen molar-refractivity contribution < 1.29 is 22.7 Å². The number of amides is 1. The topological polar surface area (TPSA) is 60.2 Å². The quantitative estimate of drug-likeness (QED) is 0.764. The smallest absolute Gasteiger partial charge is 0.383 e. The van der Waals surface area contributed by atoms with Crippen molar-refractivity contribution in [3.05, 3.63) is 47.3 Å². The van der Waals surface area contributed by atoms with Crippen LogP contribution in [0.3, 0.4) is 0 Å². The van der Waals surface area contributed by atoms with E-state index in [-0.39, 0.29) is 23.4 Å². The average molecular weight is 386 g/mol. The number of hydrogen-bond acceptors (Lipinski definition) is 5. The van der Waals surface area contributed by atoms with Crippen LogP contribution in [0.4, 0.5) is 13.2 Å². The first-order valence-corrected chi connectivity index (χ1v) is 8.90. The van der Waals surface area contributed by atoms with E-state index in [1.54, 1.807) is 24.3 Å². The van der Waals surface area contributed by atoms with E-state index in [4.69, 9.17) is 4.74 Å². The zero-order valence-corrected chi connectivity index (χ0v) is 14.8. The monoisotopic (exact) mass is 386 g/mol. The highest BCUT2D eigenvalue weighted by atomic mass is 32.2. The minimum atomic E-state index is -4.43. The predicted octanol–water partition coefficient (Wildman–Crippen LogP) is 2.57. The van der Waals surface area contributed by atoms with Gasteiger partial charge in [-0.25, -0.2) is 4.68 Å². The number of carbonyl (C=O) groups is 1. The average Bonchev–Trinajstić information content (AvgIpc) is 3.19. The summed E-state index contributed by atoms with van der Waals surface area (Å²) in [6, 6.07) is 5.38. The van der Waals surface area contributed by atoms with Gasteiger partial charge in [-0.1, -0.05) is 23.4 Å². The summed E-state index contributed by atoms with van der Waals surface area (Å²) in [4.78, 5) is 13.6. The summed E-state index contributed by atoms with van der Waals surface area (Å²) >= 11 is 1.41. The Morgan fingerprint density at radius 3 is 2.85 bits per heavy atom. The van der Waals surface area contributed by atoms with E-state index in [0.29, 0.717) is 24.6 Å². The molecule has 1 aliphatic heterocycles. The van der Waals surface area contributed by atoms with Crippen LogP contribution in [-0.4, -0.2) is 51.8 Å². The Bertz CT molecular complexity index is 781. The molecule has 140 valence electrons. The van der Waals surface area contributed by atoms with Crippen LogP contribution < -0.4 is 0 Å². The lowest BCUT2D eigenvalue weighted by atomic mass is 10.1. The Morgan fingerprint density at radius 1 is 1.35 bits per heavy atom. The number of hydrogen-bond donors (Lipinski definition) is 0. The zero-order valence-electron chi connectivity index (χ0n) is 13.9. The van der Waals surface area contributed by atoms with Crippen LogP contribution in [-0.2, 0) is 22.3 Å². The summed E-state index contributed by atoms with van der Waals surface area (Å²) < 4.78 is 45.7. The minimum Gasteiger partial charge on any atom is -0.383 e. The van der Waals surface area contributed by atoms with Crippen molar-refractivity contribution in [1.29, 1.82) is 0 Å². The first-order valence-electron chi connectivity index (χ1n) is 7.85. The first kappa shape index (κ1) is 18.7. The lowest BCUT2D eigenvalue weighted by molar-refractivity contribution is -0.138. The molecular weight excluding hydrogens is 369 g/mol. The fraction of sp³-hybridized carbons (Fsp3) is 0.438. The normalized spacial score (nSPS) is 17.9. The molecule has 1 aliphatic rings. The van der Waals surface area contributed by atoms with E-state index in [0.717, 1.165) is 6.07 Å². The summed E-state index contributed by atoms with van der Waals surface area (Å²) in [7, 11) is 1.55. The standard InChI is InChI=1S/C16H17F3N4O2S/c1-25-7-6-23-14(24)10-26-15(23)13-9-22(21-20-13)8-11-4-2-3-5-12(11)16(17,18)19/h2-5,9,15H,6-8,10H2,1H3/t15-/m1/s1. The summed E-state index contributed by atoms with van der Waals surface area (Å²) in [5, 5.41) is 7.69. The molecule has 1 amide bonds. The molecule has 1 atom stereocenters. The number of aromatic nitrogens is 3. The molecule has 1 saturated heterocycles. The first-order chi connectivity index (χ1) is 12.4. The SMILES string of the molecule is COCCN1C(=O)CS[C@@H]1c1cn(Cc2ccccc2C(F)(F)F)nn1. The maximum atomic E-state index is 13.1. The van der Waals surface area contributed by atoms with Crippen molar-refractivity contribution in [1.82, 2.24) is 19.9 Å². The second-order valence-corrected chi connectivity index (χ2v) is 6.81. The number of methoxy groups -OCH3 is 1. The molecule has 6 nitrogen and oxygen atoms in total. The molecule has 26 heavy (non-hydrogen) atoms. The van der Waals surface area contributed by atoms with Crippen molar-refractivity contribution in [3.63, 3.8) is 0 Å². The molecule has 1 fully saturated rings. The van der Waals surface area contributed by atoms with Crippen LogP contribution in [0.2, 0.25) is 0 Å². The van der Waals surface area contributed by atoms with Gasteiger partial charge in [0.2, 0.25) is 5.91 Å². The highest BCUT2D eigenvalue weighted by molar-refractivity contribution is 8.00. The molecule has 0 spiro atoms. The molecule has 10 heteroatoms. The molecule has 1 aromatic heterocycles. The molecule has 0 N–H and O–H groups in total. The van der Waals surface area contributed by atoms with Gasteiger partial charge in [0.15, 0.2) is 0 Å². The molecule has 2 aromatic rings.